The molecule has 2 aromatic rings. The zero-order valence-corrected chi connectivity index (χ0v) is 10.5. The SMILES string of the molecule is Cc1nccc(CNCc2ccc(Br)o2)n1. The van der Waals surface area contributed by atoms with Gasteiger partial charge in [-0.05, 0) is 41.1 Å². The van der Waals surface area contributed by atoms with Crippen LogP contribution in [0.5, 0.6) is 0 Å². The van der Waals surface area contributed by atoms with E-state index >= 15 is 0 Å². The van der Waals surface area contributed by atoms with Gasteiger partial charge in [-0.1, -0.05) is 0 Å². The van der Waals surface area contributed by atoms with E-state index in [1.165, 1.54) is 0 Å². The van der Waals surface area contributed by atoms with E-state index in [2.05, 4.69) is 31.2 Å². The van der Waals surface area contributed by atoms with Crippen molar-refractivity contribution in [2.75, 3.05) is 0 Å². The molecule has 2 heterocycles. The van der Waals surface area contributed by atoms with Crippen molar-refractivity contribution in [2.24, 2.45) is 0 Å². The number of halogens is 1. The molecule has 0 saturated heterocycles. The van der Waals surface area contributed by atoms with Gasteiger partial charge < -0.3 is 9.73 Å². The first kappa shape index (κ1) is 11.3. The molecule has 0 spiro atoms. The number of aromatic nitrogens is 2. The van der Waals surface area contributed by atoms with Gasteiger partial charge in [-0.2, -0.15) is 0 Å². The molecule has 2 aromatic heterocycles. The second-order valence-corrected chi connectivity index (χ2v) is 4.19. The van der Waals surface area contributed by atoms with Crippen molar-refractivity contribution in [1.82, 2.24) is 15.3 Å². The fourth-order valence-corrected chi connectivity index (χ4v) is 1.70. The Morgan fingerprint density at radius 2 is 2.19 bits per heavy atom. The van der Waals surface area contributed by atoms with Gasteiger partial charge in [0.15, 0.2) is 4.67 Å². The van der Waals surface area contributed by atoms with Crippen molar-refractivity contribution in [2.45, 2.75) is 20.0 Å². The molecule has 0 aliphatic rings. The summed E-state index contributed by atoms with van der Waals surface area (Å²) in [7, 11) is 0. The molecule has 0 atom stereocenters. The fraction of sp³-hybridized carbons (Fsp3) is 0.273. The third-order valence-electron chi connectivity index (χ3n) is 2.07. The Hall–Kier alpha value is -1.20. The van der Waals surface area contributed by atoms with Crippen molar-refractivity contribution in [3.8, 4) is 0 Å². The maximum atomic E-state index is 5.37. The fourth-order valence-electron chi connectivity index (χ4n) is 1.36. The molecule has 0 unspecified atom stereocenters. The van der Waals surface area contributed by atoms with Crippen molar-refractivity contribution < 1.29 is 4.42 Å². The van der Waals surface area contributed by atoms with Gasteiger partial charge >= 0.3 is 0 Å². The van der Waals surface area contributed by atoms with Crippen LogP contribution < -0.4 is 5.32 Å². The van der Waals surface area contributed by atoms with Crippen LogP contribution in [0.15, 0.2) is 33.5 Å². The molecule has 0 aromatic carbocycles. The minimum atomic E-state index is 0.689. The number of hydrogen-bond donors (Lipinski definition) is 1. The summed E-state index contributed by atoms with van der Waals surface area (Å²) in [6.45, 7) is 3.28. The topological polar surface area (TPSA) is 51.0 Å². The molecule has 0 fully saturated rings. The van der Waals surface area contributed by atoms with E-state index in [0.717, 1.165) is 21.9 Å². The summed E-state index contributed by atoms with van der Waals surface area (Å²) in [4.78, 5) is 8.34. The van der Waals surface area contributed by atoms with Crippen molar-refractivity contribution in [3.63, 3.8) is 0 Å². The van der Waals surface area contributed by atoms with Crippen molar-refractivity contribution in [1.29, 1.82) is 0 Å². The van der Waals surface area contributed by atoms with E-state index in [1.807, 2.05) is 25.1 Å². The predicted octanol–water partition coefficient (Wildman–Crippen LogP) is 2.43. The number of rotatable bonds is 4. The summed E-state index contributed by atoms with van der Waals surface area (Å²) in [5, 5.41) is 3.25. The van der Waals surface area contributed by atoms with E-state index in [1.54, 1.807) is 6.20 Å². The summed E-state index contributed by atoms with van der Waals surface area (Å²) in [5.74, 6) is 1.69. The molecule has 0 bridgehead atoms. The lowest BCUT2D eigenvalue weighted by Crippen LogP contribution is -2.13. The zero-order chi connectivity index (χ0) is 11.4. The van der Waals surface area contributed by atoms with Crippen LogP contribution in [-0.4, -0.2) is 9.97 Å². The van der Waals surface area contributed by atoms with Gasteiger partial charge in [0, 0.05) is 12.7 Å². The summed E-state index contributed by atoms with van der Waals surface area (Å²) in [6.07, 6.45) is 1.77. The Kier molecular flexibility index (Phi) is 3.69. The molecule has 84 valence electrons. The molecule has 0 amide bonds. The molecule has 4 nitrogen and oxygen atoms in total. The normalized spacial score (nSPS) is 10.6. The van der Waals surface area contributed by atoms with Gasteiger partial charge in [-0.3, -0.25) is 0 Å². The Labute approximate surface area is 102 Å². The van der Waals surface area contributed by atoms with Crippen LogP contribution in [0.2, 0.25) is 0 Å². The lowest BCUT2D eigenvalue weighted by atomic mass is 10.3. The number of hydrogen-bond acceptors (Lipinski definition) is 4. The van der Waals surface area contributed by atoms with Crippen LogP contribution in [0.4, 0.5) is 0 Å². The first-order valence-electron chi connectivity index (χ1n) is 4.97. The zero-order valence-electron chi connectivity index (χ0n) is 8.90. The molecular formula is C11H12BrN3O. The van der Waals surface area contributed by atoms with Crippen molar-refractivity contribution >= 4 is 15.9 Å². The minimum absolute atomic E-state index is 0.689. The molecule has 0 saturated carbocycles. The van der Waals surface area contributed by atoms with E-state index in [4.69, 9.17) is 4.42 Å². The third kappa shape index (κ3) is 3.15. The summed E-state index contributed by atoms with van der Waals surface area (Å²) < 4.78 is 6.12. The minimum Gasteiger partial charge on any atom is -0.453 e. The Morgan fingerprint density at radius 3 is 2.88 bits per heavy atom. The van der Waals surface area contributed by atoms with E-state index in [9.17, 15) is 0 Å². The molecule has 0 aliphatic heterocycles. The summed E-state index contributed by atoms with van der Waals surface area (Å²) in [6, 6.07) is 5.71. The van der Waals surface area contributed by atoms with Gasteiger partial charge in [-0.25, -0.2) is 9.97 Å². The van der Waals surface area contributed by atoms with Crippen LogP contribution in [0, 0.1) is 6.92 Å². The smallest absolute Gasteiger partial charge is 0.169 e. The number of nitrogens with one attached hydrogen (secondary N) is 1. The Balaban J connectivity index is 1.84. The molecule has 16 heavy (non-hydrogen) atoms. The van der Waals surface area contributed by atoms with Gasteiger partial charge in [0.1, 0.15) is 11.6 Å². The average Bonchev–Trinajstić information content (AvgIpc) is 2.64. The molecule has 0 aliphatic carbocycles. The highest BCUT2D eigenvalue weighted by Crippen LogP contribution is 2.13. The van der Waals surface area contributed by atoms with Gasteiger partial charge in [0.2, 0.25) is 0 Å². The second kappa shape index (κ2) is 5.23. The highest BCUT2D eigenvalue weighted by Gasteiger charge is 1.99. The van der Waals surface area contributed by atoms with Gasteiger partial charge in [-0.15, -0.1) is 0 Å². The van der Waals surface area contributed by atoms with Gasteiger partial charge in [0.25, 0.3) is 0 Å². The highest BCUT2D eigenvalue weighted by molar-refractivity contribution is 9.10. The maximum absolute atomic E-state index is 5.37. The highest BCUT2D eigenvalue weighted by atomic mass is 79.9. The van der Waals surface area contributed by atoms with Crippen LogP contribution in [-0.2, 0) is 13.1 Å². The molecule has 2 rings (SSSR count). The van der Waals surface area contributed by atoms with Crippen LogP contribution in [0.3, 0.4) is 0 Å². The number of nitrogens with zero attached hydrogens (tertiary/aromatic N) is 2. The predicted molar refractivity (Wildman–Crippen MR) is 63.7 cm³/mol. The quantitative estimate of drug-likeness (QED) is 0.935. The first-order chi connectivity index (χ1) is 7.74. The van der Waals surface area contributed by atoms with Crippen LogP contribution in [0.25, 0.3) is 0 Å². The Morgan fingerprint density at radius 1 is 1.31 bits per heavy atom. The largest absolute Gasteiger partial charge is 0.453 e. The monoisotopic (exact) mass is 281 g/mol. The Bertz CT molecular complexity index is 470. The molecular weight excluding hydrogens is 270 g/mol. The molecule has 0 radical (unpaired) electrons. The van der Waals surface area contributed by atoms with Crippen LogP contribution >= 0.6 is 15.9 Å². The second-order valence-electron chi connectivity index (χ2n) is 3.40. The summed E-state index contributed by atoms with van der Waals surface area (Å²) >= 11 is 3.26. The average molecular weight is 282 g/mol. The first-order valence-corrected chi connectivity index (χ1v) is 5.77. The lowest BCUT2D eigenvalue weighted by Gasteiger charge is -2.02. The van der Waals surface area contributed by atoms with E-state index in [-0.39, 0.29) is 0 Å². The third-order valence-corrected chi connectivity index (χ3v) is 2.49. The number of furan rings is 1. The van der Waals surface area contributed by atoms with Crippen molar-refractivity contribution in [3.05, 3.63) is 46.3 Å². The standard InChI is InChI=1S/C11H12BrN3O/c1-8-14-5-4-9(15-8)6-13-7-10-2-3-11(12)16-10/h2-5,13H,6-7H2,1H3. The lowest BCUT2D eigenvalue weighted by molar-refractivity contribution is 0.464. The van der Waals surface area contributed by atoms with E-state index < -0.39 is 0 Å². The molecule has 1 N–H and O–H groups in total. The molecule has 5 heteroatoms. The van der Waals surface area contributed by atoms with E-state index in [0.29, 0.717) is 13.1 Å². The summed E-state index contributed by atoms with van der Waals surface area (Å²) in [5.41, 5.74) is 0.984. The maximum Gasteiger partial charge on any atom is 0.169 e. The van der Waals surface area contributed by atoms with Gasteiger partial charge in [0.05, 0.1) is 12.2 Å². The van der Waals surface area contributed by atoms with Crippen LogP contribution in [0.1, 0.15) is 17.3 Å². The number of aryl methyl sites for hydroxylation is 1.